The van der Waals surface area contributed by atoms with Crippen LogP contribution >= 0.6 is 0 Å². The number of aryl methyl sites for hydroxylation is 1. The third-order valence-corrected chi connectivity index (χ3v) is 9.46. The van der Waals surface area contributed by atoms with Crippen LogP contribution in [-0.4, -0.2) is 51.2 Å². The van der Waals surface area contributed by atoms with Crippen molar-refractivity contribution >= 4 is 31.2 Å². The van der Waals surface area contributed by atoms with Crippen LogP contribution in [0, 0.1) is 13.8 Å². The quantitative estimate of drug-likeness (QED) is 0.668. The van der Waals surface area contributed by atoms with Gasteiger partial charge in [0.05, 0.1) is 45.9 Å². The molecule has 4 rings (SSSR count). The summed E-state index contributed by atoms with van der Waals surface area (Å²) in [4.78, 5) is 1.70. The Morgan fingerprint density at radius 1 is 1.15 bits per heavy atom. The number of aromatic nitrogens is 2. The van der Waals surface area contributed by atoms with Gasteiger partial charge in [-0.3, -0.25) is 9.40 Å². The molecule has 2 aliphatic heterocycles. The first-order valence-electron chi connectivity index (χ1n) is 10.5. The van der Waals surface area contributed by atoms with Crippen LogP contribution in [0.3, 0.4) is 0 Å². The van der Waals surface area contributed by atoms with Crippen LogP contribution in [0.5, 0.6) is 0 Å². The summed E-state index contributed by atoms with van der Waals surface area (Å²) in [7, 11) is -7.52. The number of sulfonamides is 1. The van der Waals surface area contributed by atoms with Crippen molar-refractivity contribution in [3.05, 3.63) is 35.2 Å². The van der Waals surface area contributed by atoms with Crippen molar-refractivity contribution in [2.45, 2.75) is 50.2 Å². The van der Waals surface area contributed by atoms with E-state index in [-0.39, 0.29) is 33.5 Å². The van der Waals surface area contributed by atoms with E-state index in [9.17, 15) is 30.0 Å². The molecule has 13 heteroatoms. The molecule has 1 unspecified atom stereocenters. The number of nitrogens with zero attached hydrogens (tertiary/aromatic N) is 3. The number of hydrogen-bond donors (Lipinski definition) is 1. The van der Waals surface area contributed by atoms with Crippen molar-refractivity contribution in [3.8, 4) is 0 Å². The molecular weight excluding hydrogens is 481 g/mol. The van der Waals surface area contributed by atoms with Crippen molar-refractivity contribution in [1.82, 2.24) is 9.78 Å². The summed E-state index contributed by atoms with van der Waals surface area (Å²) in [5.74, 6) is -0.131. The van der Waals surface area contributed by atoms with Gasteiger partial charge in [0, 0.05) is 13.1 Å². The zero-order chi connectivity index (χ0) is 24.2. The fraction of sp³-hybridized carbons (Fsp3) is 0.550. The SMILES string of the molecule is Cc1nn(C2CCS(=O)(=O)C2)c(C)c1S(=O)(=O)Nc1cc(C(F)(F)F)ccc1N1CCCC1. The molecule has 2 aliphatic rings. The Kier molecular flexibility index (Phi) is 5.92. The second-order valence-corrected chi connectivity index (χ2v) is 12.4. The molecule has 1 aromatic heterocycles. The topological polar surface area (TPSA) is 101 Å². The molecule has 2 fully saturated rings. The van der Waals surface area contributed by atoms with E-state index in [1.54, 1.807) is 0 Å². The van der Waals surface area contributed by atoms with Gasteiger partial charge in [-0.05, 0) is 51.3 Å². The van der Waals surface area contributed by atoms with Crippen molar-refractivity contribution in [1.29, 1.82) is 0 Å². The summed E-state index contributed by atoms with van der Waals surface area (Å²) in [6.07, 6.45) is -2.58. The van der Waals surface area contributed by atoms with Crippen LogP contribution in [0.4, 0.5) is 24.5 Å². The van der Waals surface area contributed by atoms with E-state index >= 15 is 0 Å². The molecule has 182 valence electrons. The van der Waals surface area contributed by atoms with E-state index < -0.39 is 37.6 Å². The number of sulfone groups is 1. The second kappa shape index (κ2) is 8.19. The summed E-state index contributed by atoms with van der Waals surface area (Å²) in [5, 5.41) is 4.26. The van der Waals surface area contributed by atoms with Crippen LogP contribution in [0.2, 0.25) is 0 Å². The number of hydrogen-bond acceptors (Lipinski definition) is 6. The van der Waals surface area contributed by atoms with Gasteiger partial charge in [-0.1, -0.05) is 0 Å². The maximum atomic E-state index is 13.3. The van der Waals surface area contributed by atoms with Gasteiger partial charge in [0.25, 0.3) is 10.0 Å². The van der Waals surface area contributed by atoms with Crippen molar-refractivity contribution in [3.63, 3.8) is 0 Å². The van der Waals surface area contributed by atoms with Gasteiger partial charge in [0.15, 0.2) is 9.84 Å². The van der Waals surface area contributed by atoms with Gasteiger partial charge in [0.1, 0.15) is 4.90 Å². The molecule has 0 saturated carbocycles. The molecule has 0 radical (unpaired) electrons. The Morgan fingerprint density at radius 2 is 1.82 bits per heavy atom. The highest BCUT2D eigenvalue weighted by Gasteiger charge is 2.35. The normalized spacial score (nSPS) is 21.0. The maximum Gasteiger partial charge on any atom is 0.416 e. The van der Waals surface area contributed by atoms with Crippen LogP contribution in [0.25, 0.3) is 0 Å². The summed E-state index contributed by atoms with van der Waals surface area (Å²) >= 11 is 0. The highest BCUT2D eigenvalue weighted by molar-refractivity contribution is 7.93. The Hall–Kier alpha value is -2.28. The molecule has 33 heavy (non-hydrogen) atoms. The van der Waals surface area contributed by atoms with Crippen LogP contribution in [0.1, 0.15) is 42.3 Å². The largest absolute Gasteiger partial charge is 0.416 e. The predicted molar refractivity (Wildman–Crippen MR) is 118 cm³/mol. The van der Waals surface area contributed by atoms with Crippen molar-refractivity contribution in [2.24, 2.45) is 0 Å². The lowest BCUT2D eigenvalue weighted by Crippen LogP contribution is -2.22. The molecule has 3 heterocycles. The standard InChI is InChI=1S/C20H25F3N4O4S2/c1-13-19(14(2)27(24-13)16-7-10-32(28,29)12-16)33(30,31)25-17-11-15(20(21,22)23)5-6-18(17)26-8-3-4-9-26/h5-6,11,16,25H,3-4,7-10,12H2,1-2H3. The summed E-state index contributed by atoms with van der Waals surface area (Å²) < 4.78 is 94.2. The third kappa shape index (κ3) is 4.70. The third-order valence-electron chi connectivity index (χ3n) is 6.10. The molecule has 0 bridgehead atoms. The Labute approximate surface area is 190 Å². The maximum absolute atomic E-state index is 13.3. The lowest BCUT2D eigenvalue weighted by Gasteiger charge is -2.23. The molecule has 1 aromatic carbocycles. The molecule has 2 saturated heterocycles. The first-order chi connectivity index (χ1) is 15.3. The Morgan fingerprint density at radius 3 is 2.39 bits per heavy atom. The number of anilines is 2. The lowest BCUT2D eigenvalue weighted by molar-refractivity contribution is -0.137. The molecule has 0 aliphatic carbocycles. The highest BCUT2D eigenvalue weighted by Crippen LogP contribution is 2.38. The first-order valence-corrected chi connectivity index (χ1v) is 13.8. The molecule has 1 N–H and O–H groups in total. The number of alkyl halides is 3. The minimum atomic E-state index is -4.63. The molecule has 2 aromatic rings. The fourth-order valence-electron chi connectivity index (χ4n) is 4.58. The molecule has 0 spiro atoms. The van der Waals surface area contributed by atoms with E-state index in [4.69, 9.17) is 0 Å². The minimum Gasteiger partial charge on any atom is -0.370 e. The van der Waals surface area contributed by atoms with Gasteiger partial charge < -0.3 is 4.90 Å². The number of rotatable bonds is 5. The zero-order valence-electron chi connectivity index (χ0n) is 18.2. The monoisotopic (exact) mass is 506 g/mol. The van der Waals surface area contributed by atoms with Gasteiger partial charge in [-0.15, -0.1) is 0 Å². The van der Waals surface area contributed by atoms with E-state index in [2.05, 4.69) is 9.82 Å². The first kappa shape index (κ1) is 23.9. The van der Waals surface area contributed by atoms with Crippen molar-refractivity contribution < 1.29 is 30.0 Å². The Bertz CT molecular complexity index is 1280. The number of nitrogens with one attached hydrogen (secondary N) is 1. The van der Waals surface area contributed by atoms with Gasteiger partial charge >= 0.3 is 6.18 Å². The van der Waals surface area contributed by atoms with Gasteiger partial charge in [0.2, 0.25) is 0 Å². The van der Waals surface area contributed by atoms with Gasteiger partial charge in [-0.25, -0.2) is 16.8 Å². The average molecular weight is 507 g/mol. The second-order valence-electron chi connectivity index (χ2n) is 8.53. The highest BCUT2D eigenvalue weighted by atomic mass is 32.2. The molecular formula is C20H25F3N4O4S2. The van der Waals surface area contributed by atoms with E-state index in [1.165, 1.54) is 24.6 Å². The van der Waals surface area contributed by atoms with E-state index in [1.807, 2.05) is 4.90 Å². The zero-order valence-corrected chi connectivity index (χ0v) is 19.8. The predicted octanol–water partition coefficient (Wildman–Crippen LogP) is 3.28. The average Bonchev–Trinajstić information content (AvgIpc) is 3.40. The summed E-state index contributed by atoms with van der Waals surface area (Å²) in [6, 6.07) is 2.56. The fourth-order valence-corrected chi connectivity index (χ4v) is 7.74. The van der Waals surface area contributed by atoms with Crippen LogP contribution in [0.15, 0.2) is 23.1 Å². The number of benzene rings is 1. The molecule has 8 nitrogen and oxygen atoms in total. The molecule has 0 amide bonds. The number of halogens is 3. The van der Waals surface area contributed by atoms with E-state index in [0.29, 0.717) is 25.2 Å². The lowest BCUT2D eigenvalue weighted by atomic mass is 10.1. The molecule has 1 atom stereocenters. The van der Waals surface area contributed by atoms with Crippen LogP contribution < -0.4 is 9.62 Å². The summed E-state index contributed by atoms with van der Waals surface area (Å²) in [5.41, 5.74) is -0.324. The van der Waals surface area contributed by atoms with Gasteiger partial charge in [-0.2, -0.15) is 18.3 Å². The van der Waals surface area contributed by atoms with E-state index in [0.717, 1.165) is 25.0 Å². The van der Waals surface area contributed by atoms with Crippen molar-refractivity contribution in [2.75, 3.05) is 34.2 Å². The summed E-state index contributed by atoms with van der Waals surface area (Å²) in [6.45, 7) is 4.24. The Balaban J connectivity index is 1.73. The van der Waals surface area contributed by atoms with Crippen LogP contribution in [-0.2, 0) is 26.0 Å². The smallest absolute Gasteiger partial charge is 0.370 e. The minimum absolute atomic E-state index is 0.000221.